The van der Waals surface area contributed by atoms with E-state index in [9.17, 15) is 9.90 Å². The van der Waals surface area contributed by atoms with Gasteiger partial charge in [-0.1, -0.05) is 18.2 Å². The second kappa shape index (κ2) is 8.25. The number of hydrogen-bond donors (Lipinski definition) is 2. The highest BCUT2D eigenvalue weighted by Crippen LogP contribution is 2.08. The van der Waals surface area contributed by atoms with E-state index in [-0.39, 0.29) is 25.7 Å². The first-order valence-electron chi connectivity index (χ1n) is 7.22. The van der Waals surface area contributed by atoms with E-state index in [1.54, 1.807) is 17.9 Å². The minimum absolute atomic E-state index is 0.181. The molecule has 2 aromatic rings. The van der Waals surface area contributed by atoms with Crippen molar-refractivity contribution in [2.75, 3.05) is 27.3 Å². The maximum absolute atomic E-state index is 12.0. The number of urea groups is 1. The Balaban J connectivity index is 1.92. The minimum Gasteiger partial charge on any atom is -0.389 e. The molecule has 0 radical (unpaired) electrons. The predicted octanol–water partition coefficient (Wildman–Crippen LogP) is 0.416. The van der Waals surface area contributed by atoms with Crippen molar-refractivity contribution in [3.05, 3.63) is 42.5 Å². The quantitative estimate of drug-likeness (QED) is 0.771. The lowest BCUT2D eigenvalue weighted by Crippen LogP contribution is -2.42. The fourth-order valence-electron chi connectivity index (χ4n) is 2.12. The number of aliphatic hydroxyl groups excluding tert-OH is 1. The molecule has 2 N–H and O–H groups in total. The lowest BCUT2D eigenvalue weighted by Gasteiger charge is -2.20. The van der Waals surface area contributed by atoms with Crippen LogP contribution in [0.25, 0.3) is 5.69 Å². The predicted molar refractivity (Wildman–Crippen MR) is 84.1 cm³/mol. The van der Waals surface area contributed by atoms with Gasteiger partial charge in [-0.3, -0.25) is 4.57 Å². The van der Waals surface area contributed by atoms with Crippen LogP contribution < -0.4 is 5.32 Å². The molecule has 1 unspecified atom stereocenters. The summed E-state index contributed by atoms with van der Waals surface area (Å²) in [5, 5.41) is 20.3. The molecule has 8 nitrogen and oxygen atoms in total. The van der Waals surface area contributed by atoms with Crippen LogP contribution in [0, 0.1) is 0 Å². The van der Waals surface area contributed by atoms with Crippen molar-refractivity contribution >= 4 is 6.03 Å². The SMILES string of the molecule is COCC(O)CN(C)C(=O)NCc1nncn1-c1ccccc1. The van der Waals surface area contributed by atoms with Gasteiger partial charge in [-0.25, -0.2) is 4.79 Å². The molecule has 1 aromatic carbocycles. The summed E-state index contributed by atoms with van der Waals surface area (Å²) in [4.78, 5) is 13.4. The van der Waals surface area contributed by atoms with Crippen molar-refractivity contribution in [2.24, 2.45) is 0 Å². The van der Waals surface area contributed by atoms with E-state index in [1.165, 1.54) is 12.0 Å². The first-order chi connectivity index (χ1) is 11.1. The Labute approximate surface area is 134 Å². The number of nitrogens with one attached hydrogen (secondary N) is 1. The van der Waals surface area contributed by atoms with Crippen molar-refractivity contribution in [2.45, 2.75) is 12.6 Å². The second-order valence-electron chi connectivity index (χ2n) is 5.10. The molecule has 1 aromatic heterocycles. The normalized spacial score (nSPS) is 12.0. The molecule has 0 aliphatic heterocycles. The number of methoxy groups -OCH3 is 1. The van der Waals surface area contributed by atoms with E-state index >= 15 is 0 Å². The van der Waals surface area contributed by atoms with Gasteiger partial charge >= 0.3 is 6.03 Å². The molecular weight excluding hydrogens is 298 g/mol. The van der Waals surface area contributed by atoms with Crippen LogP contribution >= 0.6 is 0 Å². The molecular formula is C15H21N5O3. The third kappa shape index (κ3) is 4.76. The van der Waals surface area contributed by atoms with Gasteiger partial charge in [0.25, 0.3) is 0 Å². The average Bonchev–Trinajstić information content (AvgIpc) is 3.02. The Bertz CT molecular complexity index is 617. The number of nitrogens with zero attached hydrogens (tertiary/aromatic N) is 4. The maximum Gasteiger partial charge on any atom is 0.317 e. The zero-order chi connectivity index (χ0) is 16.7. The molecule has 0 fully saturated rings. The molecule has 2 amide bonds. The van der Waals surface area contributed by atoms with Crippen LogP contribution in [0.5, 0.6) is 0 Å². The number of hydrogen-bond acceptors (Lipinski definition) is 5. The van der Waals surface area contributed by atoms with Gasteiger partial charge in [0.05, 0.1) is 25.8 Å². The summed E-state index contributed by atoms with van der Waals surface area (Å²) >= 11 is 0. The molecule has 23 heavy (non-hydrogen) atoms. The zero-order valence-corrected chi connectivity index (χ0v) is 13.2. The zero-order valence-electron chi connectivity index (χ0n) is 13.2. The number of carbonyl (C=O) groups is 1. The van der Waals surface area contributed by atoms with E-state index in [2.05, 4.69) is 15.5 Å². The first-order valence-corrected chi connectivity index (χ1v) is 7.22. The number of carbonyl (C=O) groups excluding carboxylic acids is 1. The molecule has 0 saturated carbocycles. The number of rotatable bonds is 7. The molecule has 0 spiro atoms. The lowest BCUT2D eigenvalue weighted by molar-refractivity contribution is 0.0489. The van der Waals surface area contributed by atoms with Crippen LogP contribution in [0.15, 0.2) is 36.7 Å². The van der Waals surface area contributed by atoms with Crippen LogP contribution in [0.4, 0.5) is 4.79 Å². The molecule has 0 bridgehead atoms. The number of benzene rings is 1. The van der Waals surface area contributed by atoms with Gasteiger partial charge < -0.3 is 20.1 Å². The highest BCUT2D eigenvalue weighted by Gasteiger charge is 2.14. The summed E-state index contributed by atoms with van der Waals surface area (Å²) in [7, 11) is 3.11. The van der Waals surface area contributed by atoms with Gasteiger partial charge in [-0.15, -0.1) is 10.2 Å². The fourth-order valence-corrected chi connectivity index (χ4v) is 2.12. The Hall–Kier alpha value is -2.45. The highest BCUT2D eigenvalue weighted by atomic mass is 16.5. The summed E-state index contributed by atoms with van der Waals surface area (Å²) in [5.41, 5.74) is 0.922. The second-order valence-corrected chi connectivity index (χ2v) is 5.10. The monoisotopic (exact) mass is 319 g/mol. The number of aliphatic hydroxyl groups is 1. The van der Waals surface area contributed by atoms with E-state index in [4.69, 9.17) is 4.74 Å². The van der Waals surface area contributed by atoms with E-state index in [0.29, 0.717) is 5.82 Å². The Morgan fingerprint density at radius 2 is 2.17 bits per heavy atom. The Kier molecular flexibility index (Phi) is 6.07. The van der Waals surface area contributed by atoms with Crippen LogP contribution in [-0.2, 0) is 11.3 Å². The van der Waals surface area contributed by atoms with Gasteiger partial charge in [-0.2, -0.15) is 0 Å². The summed E-state index contributed by atoms with van der Waals surface area (Å²) < 4.78 is 6.64. The third-order valence-electron chi connectivity index (χ3n) is 3.24. The summed E-state index contributed by atoms with van der Waals surface area (Å²) in [5.74, 6) is 0.621. The molecule has 2 rings (SSSR count). The fraction of sp³-hybridized carbons (Fsp3) is 0.400. The summed E-state index contributed by atoms with van der Waals surface area (Å²) in [6.45, 7) is 0.601. The topological polar surface area (TPSA) is 92.5 Å². The van der Waals surface area contributed by atoms with Crippen LogP contribution in [0.3, 0.4) is 0 Å². The maximum atomic E-state index is 12.0. The molecule has 0 saturated heterocycles. The highest BCUT2D eigenvalue weighted by molar-refractivity contribution is 5.73. The van der Waals surface area contributed by atoms with E-state index < -0.39 is 6.10 Å². The average molecular weight is 319 g/mol. The van der Waals surface area contributed by atoms with Crippen LogP contribution in [0.2, 0.25) is 0 Å². The number of amides is 2. The standard InChI is InChI=1S/C15H21N5O3/c1-19(9-13(21)10-23-2)15(22)16-8-14-18-17-11-20(14)12-6-4-3-5-7-12/h3-7,11,13,21H,8-10H2,1-2H3,(H,16,22). The Morgan fingerprint density at radius 1 is 1.43 bits per heavy atom. The minimum atomic E-state index is -0.719. The van der Waals surface area contributed by atoms with Gasteiger partial charge in [0.1, 0.15) is 6.33 Å². The molecule has 1 atom stereocenters. The van der Waals surface area contributed by atoms with Crippen molar-refractivity contribution in [1.82, 2.24) is 25.0 Å². The molecule has 0 aliphatic rings. The smallest absolute Gasteiger partial charge is 0.317 e. The number of para-hydroxylation sites is 1. The van der Waals surface area contributed by atoms with Crippen molar-refractivity contribution in [3.8, 4) is 5.69 Å². The van der Waals surface area contributed by atoms with Gasteiger partial charge in [0.2, 0.25) is 0 Å². The Morgan fingerprint density at radius 3 is 2.87 bits per heavy atom. The van der Waals surface area contributed by atoms with Crippen molar-refractivity contribution in [1.29, 1.82) is 0 Å². The number of ether oxygens (including phenoxy) is 1. The van der Waals surface area contributed by atoms with E-state index in [1.807, 2.05) is 30.3 Å². The number of likely N-dealkylation sites (N-methyl/N-ethyl adjacent to an activating group) is 1. The van der Waals surface area contributed by atoms with Crippen LogP contribution in [-0.4, -0.2) is 64.2 Å². The van der Waals surface area contributed by atoms with Crippen LogP contribution in [0.1, 0.15) is 5.82 Å². The van der Waals surface area contributed by atoms with Gasteiger partial charge in [0.15, 0.2) is 5.82 Å². The first kappa shape index (κ1) is 16.9. The largest absolute Gasteiger partial charge is 0.389 e. The third-order valence-corrected chi connectivity index (χ3v) is 3.24. The van der Waals surface area contributed by atoms with Gasteiger partial charge in [-0.05, 0) is 12.1 Å². The molecule has 0 aliphatic carbocycles. The number of aromatic nitrogens is 3. The van der Waals surface area contributed by atoms with E-state index in [0.717, 1.165) is 5.69 Å². The van der Waals surface area contributed by atoms with Crippen molar-refractivity contribution < 1.29 is 14.6 Å². The van der Waals surface area contributed by atoms with Crippen molar-refractivity contribution in [3.63, 3.8) is 0 Å². The molecule has 1 heterocycles. The molecule has 124 valence electrons. The lowest BCUT2D eigenvalue weighted by atomic mass is 10.3. The summed E-state index contributed by atoms with van der Waals surface area (Å²) in [6, 6.07) is 9.33. The van der Waals surface area contributed by atoms with Gasteiger partial charge in [0, 0.05) is 19.8 Å². The molecule has 8 heteroatoms. The summed E-state index contributed by atoms with van der Waals surface area (Å²) in [6.07, 6.45) is 0.881.